The van der Waals surface area contributed by atoms with Crippen LogP contribution < -0.4 is 16.2 Å². The van der Waals surface area contributed by atoms with Crippen molar-refractivity contribution in [2.24, 2.45) is 5.92 Å². The van der Waals surface area contributed by atoms with E-state index in [4.69, 9.17) is 47.0 Å². The van der Waals surface area contributed by atoms with E-state index in [1.54, 1.807) is 36.4 Å². The highest BCUT2D eigenvalue weighted by atomic mass is 79.9. The zero-order valence-corrected chi connectivity index (χ0v) is 21.4. The summed E-state index contributed by atoms with van der Waals surface area (Å²) in [5.74, 6) is 0.0484. The minimum absolute atomic E-state index is 0.0254. The number of nitrogens with zero attached hydrogens (tertiary/aromatic N) is 2. The van der Waals surface area contributed by atoms with Gasteiger partial charge in [-0.05, 0) is 58.7 Å². The first kappa shape index (κ1) is 23.8. The number of fused-ring (bicyclic) bond motifs is 4. The number of carbonyl (C=O) groups excluding carboxylic acids is 1. The summed E-state index contributed by atoms with van der Waals surface area (Å²) >= 11 is 27.5. The Kier molecular flexibility index (Phi) is 7.08. The fourth-order valence-corrected chi connectivity index (χ4v) is 5.39. The lowest BCUT2D eigenvalue weighted by Gasteiger charge is -2.44. The summed E-state index contributed by atoms with van der Waals surface area (Å²) in [4.78, 5) is 27.0. The fourth-order valence-electron chi connectivity index (χ4n) is 4.33. The number of amides is 1. The molecular formula is C21H20BrCl3N4O2S. The van der Waals surface area contributed by atoms with Crippen molar-refractivity contribution in [3.63, 3.8) is 0 Å². The smallest absolute Gasteiger partial charge is 0.254 e. The van der Waals surface area contributed by atoms with Crippen molar-refractivity contribution in [1.29, 1.82) is 0 Å². The normalized spacial score (nSPS) is 20.8. The van der Waals surface area contributed by atoms with E-state index in [9.17, 15) is 9.59 Å². The number of pyridine rings is 1. The van der Waals surface area contributed by atoms with Crippen LogP contribution in [0.5, 0.6) is 0 Å². The van der Waals surface area contributed by atoms with E-state index in [1.165, 1.54) is 0 Å². The van der Waals surface area contributed by atoms with Gasteiger partial charge < -0.3 is 20.1 Å². The lowest BCUT2D eigenvalue weighted by molar-refractivity contribution is 0.0932. The molecule has 2 N–H and O–H groups in total. The van der Waals surface area contributed by atoms with Gasteiger partial charge in [0, 0.05) is 41.8 Å². The first-order chi connectivity index (χ1) is 15.1. The number of piperidine rings is 1. The molecule has 2 aliphatic rings. The van der Waals surface area contributed by atoms with Crippen molar-refractivity contribution in [2.75, 3.05) is 13.1 Å². The maximum Gasteiger partial charge on any atom is 0.254 e. The molecule has 170 valence electrons. The van der Waals surface area contributed by atoms with Crippen LogP contribution in [-0.4, -0.2) is 43.5 Å². The van der Waals surface area contributed by atoms with Gasteiger partial charge in [0.2, 0.25) is 3.79 Å². The summed E-state index contributed by atoms with van der Waals surface area (Å²) in [6, 6.07) is 12.3. The van der Waals surface area contributed by atoms with Gasteiger partial charge in [-0.1, -0.05) is 53.0 Å². The zero-order valence-electron chi connectivity index (χ0n) is 16.7. The Hall–Kier alpha value is -1.32. The topological polar surface area (TPSA) is 66.4 Å². The Bertz CT molecular complexity index is 1110. The Morgan fingerprint density at radius 3 is 2.56 bits per heavy atom. The number of halogens is 4. The molecule has 2 aromatic rings. The van der Waals surface area contributed by atoms with Gasteiger partial charge >= 0.3 is 0 Å². The lowest BCUT2D eigenvalue weighted by atomic mass is 9.83. The summed E-state index contributed by atoms with van der Waals surface area (Å²) < 4.78 is 0.641. The van der Waals surface area contributed by atoms with Gasteiger partial charge in [0.15, 0.2) is 5.11 Å². The molecule has 3 atom stereocenters. The van der Waals surface area contributed by atoms with Crippen LogP contribution >= 0.6 is 63.0 Å². The second-order valence-electron chi connectivity index (χ2n) is 7.98. The summed E-state index contributed by atoms with van der Waals surface area (Å²) in [5.41, 5.74) is 1.45. The number of likely N-dealkylation sites (tertiary alicyclic amines) is 1. The Morgan fingerprint density at radius 1 is 1.09 bits per heavy atom. The number of thiocarbonyl (C=S) groups is 1. The second kappa shape index (κ2) is 9.50. The molecule has 6 nitrogen and oxygen atoms in total. The van der Waals surface area contributed by atoms with Crippen LogP contribution in [0.2, 0.25) is 0 Å². The molecular weight excluding hydrogens is 559 g/mol. The van der Waals surface area contributed by atoms with Crippen molar-refractivity contribution in [1.82, 2.24) is 20.1 Å². The Labute approximate surface area is 214 Å². The molecule has 4 rings (SSSR count). The van der Waals surface area contributed by atoms with Gasteiger partial charge in [-0.3, -0.25) is 9.59 Å². The van der Waals surface area contributed by atoms with Crippen LogP contribution in [0.25, 0.3) is 0 Å². The van der Waals surface area contributed by atoms with E-state index in [1.807, 2.05) is 15.5 Å². The summed E-state index contributed by atoms with van der Waals surface area (Å²) in [6.07, 6.45) is -0.0499. The predicted molar refractivity (Wildman–Crippen MR) is 135 cm³/mol. The first-order valence-corrected chi connectivity index (χ1v) is 12.3. The van der Waals surface area contributed by atoms with Gasteiger partial charge in [0.05, 0.1) is 5.56 Å². The van der Waals surface area contributed by atoms with Gasteiger partial charge in [-0.15, -0.1) is 0 Å². The zero-order chi connectivity index (χ0) is 23.0. The number of alkyl halides is 3. The van der Waals surface area contributed by atoms with E-state index < -0.39 is 15.9 Å². The van der Waals surface area contributed by atoms with Gasteiger partial charge in [-0.2, -0.15) is 0 Å². The molecule has 3 heterocycles. The molecule has 0 radical (unpaired) electrons. The van der Waals surface area contributed by atoms with Crippen LogP contribution in [0.3, 0.4) is 0 Å². The standard InChI is InChI=1S/C21H20BrCl3N4O2S/c22-15-5-2-1-4-14(15)18(31)26-19(21(23,24)25)27-20(32)28-9-12-8-13(11-28)16-6-3-7-17(30)29(16)10-12/h1-7,12-13,19H,8-11H2,(H,26,31)(H,27,32)/t12-,13-,19+/m0/s1. The van der Waals surface area contributed by atoms with Crippen LogP contribution in [0.15, 0.2) is 51.7 Å². The SMILES string of the molecule is O=C(N[C@H](NC(=S)N1C[C@@H]2C[C@@H](C1)c1cccc(=O)n1C2)C(Cl)(Cl)Cl)c1ccccc1Br. The Balaban J connectivity index is 1.48. The van der Waals surface area contributed by atoms with E-state index in [2.05, 4.69) is 26.6 Å². The van der Waals surface area contributed by atoms with Crippen molar-refractivity contribution in [3.05, 3.63) is 68.5 Å². The highest BCUT2D eigenvalue weighted by molar-refractivity contribution is 9.10. The number of rotatable bonds is 3. The molecule has 1 fully saturated rings. The molecule has 1 aromatic heterocycles. The monoisotopic (exact) mass is 576 g/mol. The summed E-state index contributed by atoms with van der Waals surface area (Å²) in [5, 5.41) is 6.12. The van der Waals surface area contributed by atoms with Gasteiger partial charge in [0.25, 0.3) is 11.5 Å². The van der Waals surface area contributed by atoms with E-state index in [-0.39, 0.29) is 17.4 Å². The number of hydrogen-bond donors (Lipinski definition) is 2. The van der Waals surface area contributed by atoms with E-state index in [0.29, 0.717) is 34.8 Å². The number of aromatic nitrogens is 1. The molecule has 0 saturated carbocycles. The molecule has 32 heavy (non-hydrogen) atoms. The first-order valence-electron chi connectivity index (χ1n) is 10.0. The van der Waals surface area contributed by atoms with Crippen molar-refractivity contribution >= 4 is 74.0 Å². The Morgan fingerprint density at radius 2 is 1.84 bits per heavy atom. The third-order valence-electron chi connectivity index (χ3n) is 5.76. The number of nitrogens with one attached hydrogen (secondary N) is 2. The van der Waals surface area contributed by atoms with Crippen molar-refractivity contribution < 1.29 is 4.79 Å². The molecule has 11 heteroatoms. The molecule has 1 saturated heterocycles. The summed E-state index contributed by atoms with van der Waals surface area (Å²) in [6.45, 7) is 1.96. The maximum absolute atomic E-state index is 12.8. The predicted octanol–water partition coefficient (Wildman–Crippen LogP) is 4.03. The van der Waals surface area contributed by atoms with Gasteiger partial charge in [-0.25, -0.2) is 0 Å². The lowest BCUT2D eigenvalue weighted by Crippen LogP contribution is -2.60. The number of hydrogen-bond acceptors (Lipinski definition) is 3. The van der Waals surface area contributed by atoms with Crippen LogP contribution in [0, 0.1) is 5.92 Å². The average molecular weight is 579 g/mol. The quantitative estimate of drug-likeness (QED) is 0.327. The number of benzene rings is 1. The molecule has 1 amide bonds. The minimum Gasteiger partial charge on any atom is -0.348 e. The third-order valence-corrected chi connectivity index (χ3v) is 7.48. The minimum atomic E-state index is -1.84. The van der Waals surface area contributed by atoms with Crippen LogP contribution in [0.1, 0.15) is 28.4 Å². The van der Waals surface area contributed by atoms with E-state index >= 15 is 0 Å². The number of carbonyl (C=O) groups is 1. The third kappa shape index (κ3) is 5.09. The van der Waals surface area contributed by atoms with E-state index in [0.717, 1.165) is 12.1 Å². The van der Waals surface area contributed by atoms with Crippen LogP contribution in [0.4, 0.5) is 0 Å². The van der Waals surface area contributed by atoms with Crippen LogP contribution in [-0.2, 0) is 6.54 Å². The molecule has 0 unspecified atom stereocenters. The highest BCUT2D eigenvalue weighted by Gasteiger charge is 2.39. The molecule has 2 bridgehead atoms. The largest absolute Gasteiger partial charge is 0.348 e. The average Bonchev–Trinajstić information content (AvgIpc) is 2.73. The molecule has 0 spiro atoms. The molecule has 0 aliphatic carbocycles. The van der Waals surface area contributed by atoms with Crippen molar-refractivity contribution in [2.45, 2.75) is 28.8 Å². The second-order valence-corrected chi connectivity index (χ2v) is 11.6. The summed E-state index contributed by atoms with van der Waals surface area (Å²) in [7, 11) is 0. The fraction of sp³-hybridized carbons (Fsp3) is 0.381. The maximum atomic E-state index is 12.8. The molecule has 2 aliphatic heterocycles. The molecule has 1 aromatic carbocycles. The highest BCUT2D eigenvalue weighted by Crippen LogP contribution is 2.35. The van der Waals surface area contributed by atoms with Gasteiger partial charge in [0.1, 0.15) is 6.17 Å². The van der Waals surface area contributed by atoms with Crippen molar-refractivity contribution in [3.8, 4) is 0 Å².